The van der Waals surface area contributed by atoms with E-state index >= 15 is 0 Å². The summed E-state index contributed by atoms with van der Waals surface area (Å²) in [5.41, 5.74) is 11.1. The summed E-state index contributed by atoms with van der Waals surface area (Å²) in [5, 5.41) is 1.03. The van der Waals surface area contributed by atoms with Gasteiger partial charge in [-0.3, -0.25) is 4.99 Å². The summed E-state index contributed by atoms with van der Waals surface area (Å²) in [7, 11) is 0. The van der Waals surface area contributed by atoms with Crippen LogP contribution in [0, 0.1) is 0 Å². The summed E-state index contributed by atoms with van der Waals surface area (Å²) in [6.45, 7) is 8.92. The Morgan fingerprint density at radius 3 is 2.44 bits per heavy atom. The molecule has 0 unspecified atom stereocenters. The number of nitrogens with zero attached hydrogens (tertiary/aromatic N) is 3. The molecule has 4 nitrogen and oxygen atoms in total. The van der Waals surface area contributed by atoms with Crippen molar-refractivity contribution >= 4 is 40.5 Å². The number of aliphatic imine (C=N–C) groups is 1. The molecule has 25 heavy (non-hydrogen) atoms. The summed E-state index contributed by atoms with van der Waals surface area (Å²) in [6, 6.07) is 16.7. The normalized spacial score (nSPS) is 10.8. The molecule has 0 atom stereocenters. The van der Waals surface area contributed by atoms with Crippen molar-refractivity contribution in [2.75, 3.05) is 17.2 Å². The van der Waals surface area contributed by atoms with Crippen LogP contribution in [0.5, 0.6) is 0 Å². The average Bonchev–Trinajstić information content (AvgIpc) is 2.65. The SMILES string of the molecule is C=Nc1c(N)nc2ccccc2c1N(CCC)c1ccc(CC)cc1. The molecular formula is C21H24N4. The van der Waals surface area contributed by atoms with Gasteiger partial charge in [-0.15, -0.1) is 0 Å². The van der Waals surface area contributed by atoms with Crippen LogP contribution in [0.15, 0.2) is 53.5 Å². The van der Waals surface area contributed by atoms with E-state index in [2.05, 4.69) is 65.8 Å². The molecule has 0 bridgehead atoms. The molecule has 0 aliphatic carbocycles. The first-order valence-corrected chi connectivity index (χ1v) is 8.71. The Bertz CT molecular complexity index is 884. The maximum absolute atomic E-state index is 6.18. The molecule has 3 aromatic rings. The Morgan fingerprint density at radius 2 is 1.80 bits per heavy atom. The second-order valence-electron chi connectivity index (χ2n) is 6.04. The molecule has 0 spiro atoms. The Balaban J connectivity index is 2.26. The zero-order valence-corrected chi connectivity index (χ0v) is 14.9. The van der Waals surface area contributed by atoms with E-state index in [1.54, 1.807) is 0 Å². The van der Waals surface area contributed by atoms with E-state index in [1.165, 1.54) is 5.56 Å². The number of aromatic nitrogens is 1. The van der Waals surface area contributed by atoms with Crippen molar-refractivity contribution in [2.45, 2.75) is 26.7 Å². The highest BCUT2D eigenvalue weighted by molar-refractivity contribution is 6.03. The number of nitrogens with two attached hydrogens (primary N) is 1. The van der Waals surface area contributed by atoms with Gasteiger partial charge >= 0.3 is 0 Å². The van der Waals surface area contributed by atoms with E-state index in [1.807, 2.05) is 18.2 Å². The van der Waals surface area contributed by atoms with Crippen molar-refractivity contribution in [1.29, 1.82) is 0 Å². The first-order valence-electron chi connectivity index (χ1n) is 8.71. The van der Waals surface area contributed by atoms with Gasteiger partial charge < -0.3 is 10.6 Å². The third-order valence-corrected chi connectivity index (χ3v) is 4.40. The molecule has 0 fully saturated rings. The second-order valence-corrected chi connectivity index (χ2v) is 6.04. The summed E-state index contributed by atoms with van der Waals surface area (Å²) in [6.07, 6.45) is 2.03. The van der Waals surface area contributed by atoms with Gasteiger partial charge in [-0.2, -0.15) is 0 Å². The van der Waals surface area contributed by atoms with E-state index in [-0.39, 0.29) is 0 Å². The third kappa shape index (κ3) is 3.20. The van der Waals surface area contributed by atoms with Crippen LogP contribution in [0.25, 0.3) is 10.9 Å². The number of benzene rings is 2. The van der Waals surface area contributed by atoms with Gasteiger partial charge in [0.15, 0.2) is 5.82 Å². The molecule has 4 heteroatoms. The quantitative estimate of drug-likeness (QED) is 0.626. The number of aryl methyl sites for hydroxylation is 1. The largest absolute Gasteiger partial charge is 0.382 e. The van der Waals surface area contributed by atoms with Gasteiger partial charge in [-0.1, -0.05) is 44.2 Å². The molecule has 0 aliphatic heterocycles. The molecule has 128 valence electrons. The molecule has 0 radical (unpaired) electrons. The molecule has 0 aliphatic rings. The number of pyridine rings is 1. The van der Waals surface area contributed by atoms with Crippen molar-refractivity contribution in [3.63, 3.8) is 0 Å². The van der Waals surface area contributed by atoms with Crippen LogP contribution < -0.4 is 10.6 Å². The number of nitrogen functional groups attached to an aromatic ring is 1. The Hall–Kier alpha value is -2.88. The summed E-state index contributed by atoms with van der Waals surface area (Å²) in [4.78, 5) is 11.0. The monoisotopic (exact) mass is 332 g/mol. The lowest BCUT2D eigenvalue weighted by molar-refractivity contribution is 0.887. The highest BCUT2D eigenvalue weighted by Gasteiger charge is 2.19. The van der Waals surface area contributed by atoms with Gasteiger partial charge in [0.2, 0.25) is 0 Å². The minimum Gasteiger partial charge on any atom is -0.382 e. The van der Waals surface area contributed by atoms with Crippen LogP contribution in [0.4, 0.5) is 22.9 Å². The number of fused-ring (bicyclic) bond motifs is 1. The number of hydrogen-bond donors (Lipinski definition) is 1. The van der Waals surface area contributed by atoms with Crippen molar-refractivity contribution in [2.24, 2.45) is 4.99 Å². The highest BCUT2D eigenvalue weighted by Crippen LogP contribution is 2.42. The van der Waals surface area contributed by atoms with Gasteiger partial charge in [-0.25, -0.2) is 4.98 Å². The van der Waals surface area contributed by atoms with Crippen molar-refractivity contribution in [3.05, 3.63) is 54.1 Å². The lowest BCUT2D eigenvalue weighted by Gasteiger charge is -2.28. The number of hydrogen-bond acceptors (Lipinski definition) is 4. The van der Waals surface area contributed by atoms with E-state index in [0.29, 0.717) is 11.5 Å². The van der Waals surface area contributed by atoms with Crippen LogP contribution in [-0.2, 0) is 6.42 Å². The second kappa shape index (κ2) is 7.34. The van der Waals surface area contributed by atoms with E-state index < -0.39 is 0 Å². The van der Waals surface area contributed by atoms with Crippen molar-refractivity contribution in [1.82, 2.24) is 4.98 Å². The van der Waals surface area contributed by atoms with Crippen LogP contribution in [0.3, 0.4) is 0 Å². The predicted octanol–water partition coefficient (Wildman–Crippen LogP) is 5.26. The first-order chi connectivity index (χ1) is 12.2. The number of rotatable bonds is 6. The average molecular weight is 332 g/mol. The molecule has 3 rings (SSSR count). The summed E-state index contributed by atoms with van der Waals surface area (Å²) < 4.78 is 0. The smallest absolute Gasteiger partial charge is 0.152 e. The van der Waals surface area contributed by atoms with Crippen molar-refractivity contribution in [3.8, 4) is 0 Å². The Morgan fingerprint density at radius 1 is 1.08 bits per heavy atom. The number of para-hydroxylation sites is 1. The Labute approximate surface area is 149 Å². The molecular weight excluding hydrogens is 308 g/mol. The third-order valence-electron chi connectivity index (χ3n) is 4.40. The summed E-state index contributed by atoms with van der Waals surface area (Å²) >= 11 is 0. The molecule has 1 aromatic heterocycles. The van der Waals surface area contributed by atoms with Crippen molar-refractivity contribution < 1.29 is 0 Å². The van der Waals surface area contributed by atoms with Gasteiger partial charge in [0, 0.05) is 17.6 Å². The van der Waals surface area contributed by atoms with Gasteiger partial charge in [0.25, 0.3) is 0 Å². The lowest BCUT2D eigenvalue weighted by atomic mass is 10.1. The maximum Gasteiger partial charge on any atom is 0.152 e. The summed E-state index contributed by atoms with van der Waals surface area (Å²) in [5.74, 6) is 0.412. The lowest BCUT2D eigenvalue weighted by Crippen LogP contribution is -2.19. The maximum atomic E-state index is 6.18. The van der Waals surface area contributed by atoms with Gasteiger partial charge in [0.05, 0.1) is 11.2 Å². The van der Waals surface area contributed by atoms with Crippen LogP contribution in [0.2, 0.25) is 0 Å². The van der Waals surface area contributed by atoms with E-state index in [0.717, 1.165) is 41.7 Å². The molecule has 0 saturated carbocycles. The zero-order chi connectivity index (χ0) is 17.8. The minimum absolute atomic E-state index is 0.412. The molecule has 0 saturated heterocycles. The first kappa shape index (κ1) is 17.0. The fraction of sp³-hybridized carbons (Fsp3) is 0.238. The van der Waals surface area contributed by atoms with Gasteiger partial charge in [0.1, 0.15) is 5.69 Å². The van der Waals surface area contributed by atoms with Crippen LogP contribution in [-0.4, -0.2) is 18.2 Å². The predicted molar refractivity (Wildman–Crippen MR) is 108 cm³/mol. The number of anilines is 3. The Kier molecular flexibility index (Phi) is 4.98. The van der Waals surface area contributed by atoms with Gasteiger partial charge in [-0.05, 0) is 43.3 Å². The molecule has 1 heterocycles. The zero-order valence-electron chi connectivity index (χ0n) is 14.9. The van der Waals surface area contributed by atoms with Crippen LogP contribution in [0.1, 0.15) is 25.8 Å². The standard InChI is InChI=1S/C21H24N4/c1-4-14-25(16-12-10-15(5-2)11-13-16)20-17-8-6-7-9-18(17)24-21(22)19(20)23-3/h6-13H,3-5,14H2,1-2H3,(H2,22,24). The molecule has 2 aromatic carbocycles. The molecule has 0 amide bonds. The molecule has 2 N–H and O–H groups in total. The topological polar surface area (TPSA) is 54.5 Å². The van der Waals surface area contributed by atoms with E-state index in [9.17, 15) is 0 Å². The van der Waals surface area contributed by atoms with Crippen LogP contribution >= 0.6 is 0 Å². The minimum atomic E-state index is 0.412. The highest BCUT2D eigenvalue weighted by atomic mass is 15.2. The fourth-order valence-corrected chi connectivity index (χ4v) is 3.14. The fourth-order valence-electron chi connectivity index (χ4n) is 3.14. The van der Waals surface area contributed by atoms with E-state index in [4.69, 9.17) is 5.73 Å².